The third-order valence-corrected chi connectivity index (χ3v) is 3.31. The lowest BCUT2D eigenvalue weighted by Crippen LogP contribution is -2.29. The first-order chi connectivity index (χ1) is 7.74. The van der Waals surface area contributed by atoms with Crippen LogP contribution in [0.5, 0.6) is 0 Å². The molecule has 0 aromatic carbocycles. The Labute approximate surface area is 94.9 Å². The van der Waals surface area contributed by atoms with Gasteiger partial charge in [0.2, 0.25) is 5.95 Å². The molecule has 0 amide bonds. The SMILES string of the molecule is CNc1nnc(C2CCCCC2)c(=O)n1C. The summed E-state index contributed by atoms with van der Waals surface area (Å²) in [6.45, 7) is 0. The van der Waals surface area contributed by atoms with Crippen LogP contribution >= 0.6 is 0 Å². The summed E-state index contributed by atoms with van der Waals surface area (Å²) in [5.74, 6) is 0.829. The molecule has 5 heteroatoms. The van der Waals surface area contributed by atoms with Gasteiger partial charge in [-0.1, -0.05) is 19.3 Å². The van der Waals surface area contributed by atoms with Crippen LogP contribution in [-0.2, 0) is 7.05 Å². The highest BCUT2D eigenvalue weighted by Gasteiger charge is 2.21. The van der Waals surface area contributed by atoms with E-state index in [4.69, 9.17) is 0 Å². The highest BCUT2D eigenvalue weighted by atomic mass is 16.1. The van der Waals surface area contributed by atoms with Crippen molar-refractivity contribution in [1.29, 1.82) is 0 Å². The molecule has 1 fully saturated rings. The van der Waals surface area contributed by atoms with Crippen LogP contribution in [0, 0.1) is 0 Å². The predicted molar refractivity (Wildman–Crippen MR) is 62.6 cm³/mol. The molecular weight excluding hydrogens is 204 g/mol. The number of anilines is 1. The Balaban J connectivity index is 2.34. The van der Waals surface area contributed by atoms with Gasteiger partial charge in [-0.2, -0.15) is 0 Å². The average Bonchev–Trinajstić information content (AvgIpc) is 2.34. The molecule has 0 spiro atoms. The molecule has 0 radical (unpaired) electrons. The summed E-state index contributed by atoms with van der Waals surface area (Å²) in [5.41, 5.74) is 0.632. The van der Waals surface area contributed by atoms with Crippen molar-refractivity contribution < 1.29 is 0 Å². The van der Waals surface area contributed by atoms with E-state index in [1.165, 1.54) is 23.8 Å². The molecule has 1 N–H and O–H groups in total. The van der Waals surface area contributed by atoms with Gasteiger partial charge in [0.1, 0.15) is 5.69 Å². The van der Waals surface area contributed by atoms with Crippen molar-refractivity contribution in [2.45, 2.75) is 38.0 Å². The minimum Gasteiger partial charge on any atom is -0.357 e. The van der Waals surface area contributed by atoms with Crippen LogP contribution < -0.4 is 10.9 Å². The van der Waals surface area contributed by atoms with E-state index in [1.807, 2.05) is 0 Å². The molecule has 0 saturated heterocycles. The Hall–Kier alpha value is -1.39. The van der Waals surface area contributed by atoms with Crippen LogP contribution in [0.4, 0.5) is 5.95 Å². The second kappa shape index (κ2) is 4.63. The molecule has 1 heterocycles. The largest absolute Gasteiger partial charge is 0.357 e. The van der Waals surface area contributed by atoms with Gasteiger partial charge in [0, 0.05) is 20.0 Å². The van der Waals surface area contributed by atoms with E-state index in [0.717, 1.165) is 12.8 Å². The minimum absolute atomic E-state index is 0.00810. The second-order valence-electron chi connectivity index (χ2n) is 4.36. The summed E-state index contributed by atoms with van der Waals surface area (Å²) in [4.78, 5) is 12.1. The topological polar surface area (TPSA) is 59.8 Å². The fourth-order valence-corrected chi connectivity index (χ4v) is 2.33. The second-order valence-corrected chi connectivity index (χ2v) is 4.36. The predicted octanol–water partition coefficient (Wildman–Crippen LogP) is 1.26. The van der Waals surface area contributed by atoms with E-state index >= 15 is 0 Å². The molecular formula is C11H18N4O. The molecule has 0 aliphatic heterocycles. The van der Waals surface area contributed by atoms with Gasteiger partial charge in [-0.05, 0) is 12.8 Å². The molecule has 1 saturated carbocycles. The number of hydrogen-bond acceptors (Lipinski definition) is 4. The van der Waals surface area contributed by atoms with E-state index in [2.05, 4.69) is 15.5 Å². The van der Waals surface area contributed by atoms with Crippen molar-refractivity contribution in [2.75, 3.05) is 12.4 Å². The molecule has 1 aliphatic rings. The molecule has 88 valence electrons. The summed E-state index contributed by atoms with van der Waals surface area (Å²) in [5, 5.41) is 11.0. The Kier molecular flexibility index (Phi) is 3.22. The quantitative estimate of drug-likeness (QED) is 0.818. The summed E-state index contributed by atoms with van der Waals surface area (Å²) in [6, 6.07) is 0. The number of aromatic nitrogens is 3. The molecule has 0 atom stereocenters. The monoisotopic (exact) mass is 222 g/mol. The van der Waals surface area contributed by atoms with Gasteiger partial charge in [0.25, 0.3) is 5.56 Å². The average molecular weight is 222 g/mol. The molecule has 5 nitrogen and oxygen atoms in total. The highest BCUT2D eigenvalue weighted by Crippen LogP contribution is 2.29. The van der Waals surface area contributed by atoms with Crippen LogP contribution in [-0.4, -0.2) is 21.8 Å². The Morgan fingerprint density at radius 3 is 2.56 bits per heavy atom. The van der Waals surface area contributed by atoms with Crippen LogP contribution in [0.1, 0.15) is 43.7 Å². The first kappa shape index (κ1) is 11.1. The van der Waals surface area contributed by atoms with E-state index in [1.54, 1.807) is 14.1 Å². The van der Waals surface area contributed by atoms with Crippen LogP contribution in [0.15, 0.2) is 4.79 Å². The number of rotatable bonds is 2. The van der Waals surface area contributed by atoms with Gasteiger partial charge in [-0.15, -0.1) is 10.2 Å². The number of nitrogens with one attached hydrogen (secondary N) is 1. The molecule has 16 heavy (non-hydrogen) atoms. The first-order valence-corrected chi connectivity index (χ1v) is 5.85. The zero-order valence-corrected chi connectivity index (χ0v) is 9.86. The molecule has 0 bridgehead atoms. The third-order valence-electron chi connectivity index (χ3n) is 3.31. The van der Waals surface area contributed by atoms with E-state index < -0.39 is 0 Å². The van der Waals surface area contributed by atoms with Gasteiger partial charge >= 0.3 is 0 Å². The van der Waals surface area contributed by atoms with Crippen molar-refractivity contribution in [2.24, 2.45) is 7.05 Å². The van der Waals surface area contributed by atoms with Crippen molar-refractivity contribution in [3.8, 4) is 0 Å². The van der Waals surface area contributed by atoms with Crippen molar-refractivity contribution >= 4 is 5.95 Å². The summed E-state index contributed by atoms with van der Waals surface area (Å²) >= 11 is 0. The lowest BCUT2D eigenvalue weighted by Gasteiger charge is -2.20. The fourth-order valence-electron chi connectivity index (χ4n) is 2.33. The molecule has 2 rings (SSSR count). The van der Waals surface area contributed by atoms with Gasteiger partial charge in [-0.25, -0.2) is 0 Å². The van der Waals surface area contributed by atoms with Gasteiger partial charge in [-0.3, -0.25) is 9.36 Å². The Bertz CT molecular complexity index is 420. The zero-order valence-electron chi connectivity index (χ0n) is 9.86. The van der Waals surface area contributed by atoms with E-state index in [-0.39, 0.29) is 5.56 Å². The van der Waals surface area contributed by atoms with E-state index in [9.17, 15) is 4.79 Å². The van der Waals surface area contributed by atoms with Crippen molar-refractivity contribution in [1.82, 2.24) is 14.8 Å². The molecule has 1 aromatic heterocycles. The fraction of sp³-hybridized carbons (Fsp3) is 0.727. The number of nitrogens with zero attached hydrogens (tertiary/aromatic N) is 3. The van der Waals surface area contributed by atoms with Gasteiger partial charge < -0.3 is 5.32 Å². The standard InChI is InChI=1S/C11H18N4O/c1-12-11-14-13-9(10(16)15(11)2)8-6-4-3-5-7-8/h8H,3-7H2,1-2H3,(H,12,14). The van der Waals surface area contributed by atoms with Crippen LogP contribution in [0.25, 0.3) is 0 Å². The maximum absolute atomic E-state index is 12.1. The van der Waals surface area contributed by atoms with Gasteiger partial charge in [0.15, 0.2) is 0 Å². The molecule has 1 aliphatic carbocycles. The summed E-state index contributed by atoms with van der Waals surface area (Å²) < 4.78 is 1.54. The van der Waals surface area contributed by atoms with Crippen molar-refractivity contribution in [3.63, 3.8) is 0 Å². The van der Waals surface area contributed by atoms with E-state index in [0.29, 0.717) is 17.6 Å². The minimum atomic E-state index is -0.00810. The lowest BCUT2D eigenvalue weighted by atomic mass is 9.87. The van der Waals surface area contributed by atoms with Crippen LogP contribution in [0.2, 0.25) is 0 Å². The van der Waals surface area contributed by atoms with Crippen LogP contribution in [0.3, 0.4) is 0 Å². The summed E-state index contributed by atoms with van der Waals surface area (Å²) in [6.07, 6.45) is 5.82. The number of hydrogen-bond donors (Lipinski definition) is 1. The lowest BCUT2D eigenvalue weighted by molar-refractivity contribution is 0.428. The smallest absolute Gasteiger partial charge is 0.276 e. The third kappa shape index (κ3) is 1.94. The highest BCUT2D eigenvalue weighted by molar-refractivity contribution is 5.23. The normalized spacial score (nSPS) is 17.4. The maximum atomic E-state index is 12.1. The maximum Gasteiger partial charge on any atom is 0.276 e. The van der Waals surface area contributed by atoms with Gasteiger partial charge in [0.05, 0.1) is 0 Å². The molecule has 1 aromatic rings. The molecule has 0 unspecified atom stereocenters. The Morgan fingerprint density at radius 1 is 1.25 bits per heavy atom. The zero-order chi connectivity index (χ0) is 11.5. The summed E-state index contributed by atoms with van der Waals surface area (Å²) in [7, 11) is 3.47. The first-order valence-electron chi connectivity index (χ1n) is 5.85. The Morgan fingerprint density at radius 2 is 1.94 bits per heavy atom. The van der Waals surface area contributed by atoms with Crippen molar-refractivity contribution in [3.05, 3.63) is 16.0 Å².